The second kappa shape index (κ2) is 11.8. The van der Waals surface area contributed by atoms with Crippen molar-refractivity contribution in [3.8, 4) is 11.1 Å². The lowest BCUT2D eigenvalue weighted by molar-refractivity contribution is -0.137. The highest BCUT2D eigenvalue weighted by Gasteiger charge is 2.30. The van der Waals surface area contributed by atoms with E-state index in [-0.39, 0.29) is 23.7 Å². The summed E-state index contributed by atoms with van der Waals surface area (Å²) in [5.41, 5.74) is 11.1. The molecule has 0 aromatic heterocycles. The van der Waals surface area contributed by atoms with E-state index in [1.165, 1.54) is 23.2 Å². The van der Waals surface area contributed by atoms with E-state index < -0.39 is 27.6 Å². The maximum absolute atomic E-state index is 13.4. The van der Waals surface area contributed by atoms with Crippen LogP contribution in [0.1, 0.15) is 16.7 Å². The number of hydrogen-bond donors (Lipinski definition) is 3. The van der Waals surface area contributed by atoms with Crippen LogP contribution in [0, 0.1) is 0 Å². The van der Waals surface area contributed by atoms with Crippen LogP contribution in [0.4, 0.5) is 29.3 Å². The number of urea groups is 1. The summed E-state index contributed by atoms with van der Waals surface area (Å²) in [7, 11) is -3.67. The molecule has 4 rings (SSSR count). The standard InChI is InChI=1S/C29H27F3N4O3S/c1-40(38,39)27-17-24(14-15-26(27)22-7-3-2-4-8-22)34-28(37)36(35-25-9-5-6-21(16-25)18-33)19-20-10-12-23(13-11-20)29(30,31)32/h2-17,35H,18-19,33H2,1H3,(H,34,37). The van der Waals surface area contributed by atoms with Crippen LogP contribution in [0.15, 0.2) is 102 Å². The van der Waals surface area contributed by atoms with Gasteiger partial charge in [0.15, 0.2) is 9.84 Å². The van der Waals surface area contributed by atoms with Crippen LogP contribution in [0.2, 0.25) is 0 Å². The zero-order valence-electron chi connectivity index (χ0n) is 21.4. The van der Waals surface area contributed by atoms with Gasteiger partial charge in [-0.25, -0.2) is 18.2 Å². The molecule has 0 aliphatic rings. The van der Waals surface area contributed by atoms with Gasteiger partial charge in [0.2, 0.25) is 0 Å². The van der Waals surface area contributed by atoms with Gasteiger partial charge in [-0.05, 0) is 53.1 Å². The van der Waals surface area contributed by atoms with Crippen molar-refractivity contribution in [2.45, 2.75) is 24.2 Å². The van der Waals surface area contributed by atoms with Gasteiger partial charge in [-0.2, -0.15) is 13.2 Å². The Balaban J connectivity index is 1.64. The van der Waals surface area contributed by atoms with E-state index in [1.807, 2.05) is 12.1 Å². The van der Waals surface area contributed by atoms with E-state index >= 15 is 0 Å². The first-order valence-electron chi connectivity index (χ1n) is 12.1. The Labute approximate surface area is 230 Å². The number of rotatable bonds is 8. The molecule has 0 aliphatic heterocycles. The lowest BCUT2D eigenvalue weighted by Crippen LogP contribution is -2.39. The van der Waals surface area contributed by atoms with E-state index in [1.54, 1.807) is 54.6 Å². The topological polar surface area (TPSA) is 105 Å². The summed E-state index contributed by atoms with van der Waals surface area (Å²) < 4.78 is 64.3. The van der Waals surface area contributed by atoms with Gasteiger partial charge in [-0.15, -0.1) is 0 Å². The first-order valence-corrected chi connectivity index (χ1v) is 14.0. The summed E-state index contributed by atoms with van der Waals surface area (Å²) in [5, 5.41) is 3.88. The Morgan fingerprint density at radius 1 is 0.850 bits per heavy atom. The number of benzene rings is 4. The van der Waals surface area contributed by atoms with Gasteiger partial charge in [0, 0.05) is 24.1 Å². The molecule has 0 fully saturated rings. The molecule has 0 saturated heterocycles. The summed E-state index contributed by atoms with van der Waals surface area (Å²) in [4.78, 5) is 13.5. The van der Waals surface area contributed by atoms with E-state index in [0.717, 1.165) is 24.0 Å². The largest absolute Gasteiger partial charge is 0.416 e. The SMILES string of the molecule is CS(=O)(=O)c1cc(NC(=O)N(Cc2ccc(C(F)(F)F)cc2)Nc2cccc(CN)c2)ccc1-c1ccccc1. The Morgan fingerprint density at radius 2 is 1.55 bits per heavy atom. The van der Waals surface area contributed by atoms with Crippen molar-refractivity contribution in [2.75, 3.05) is 17.0 Å². The van der Waals surface area contributed by atoms with E-state index in [0.29, 0.717) is 22.4 Å². The molecular formula is C29H27F3N4O3S. The lowest BCUT2D eigenvalue weighted by atomic mass is 10.1. The third-order valence-electron chi connectivity index (χ3n) is 6.01. The average Bonchev–Trinajstić information content (AvgIpc) is 2.92. The molecule has 0 saturated carbocycles. The van der Waals surface area contributed by atoms with Gasteiger partial charge in [-0.1, -0.05) is 60.7 Å². The van der Waals surface area contributed by atoms with Crippen LogP contribution in [-0.4, -0.2) is 25.7 Å². The molecule has 0 atom stereocenters. The van der Waals surface area contributed by atoms with Crippen LogP contribution < -0.4 is 16.5 Å². The molecule has 11 heteroatoms. The van der Waals surface area contributed by atoms with Crippen LogP contribution in [-0.2, 0) is 29.1 Å². The van der Waals surface area contributed by atoms with Crippen LogP contribution >= 0.6 is 0 Å². The predicted octanol–water partition coefficient (Wildman–Crippen LogP) is 6.30. The highest BCUT2D eigenvalue weighted by Crippen LogP contribution is 2.31. The third kappa shape index (κ3) is 7.19. The van der Waals surface area contributed by atoms with Gasteiger partial charge >= 0.3 is 12.2 Å². The molecule has 7 nitrogen and oxygen atoms in total. The number of halogens is 3. The second-order valence-electron chi connectivity index (χ2n) is 9.08. The first kappa shape index (κ1) is 28.7. The summed E-state index contributed by atoms with van der Waals surface area (Å²) in [6.45, 7) is 0.167. The van der Waals surface area contributed by atoms with Crippen molar-refractivity contribution in [3.05, 3.63) is 114 Å². The number of amides is 2. The molecule has 0 bridgehead atoms. The number of sulfone groups is 1. The molecule has 0 unspecified atom stereocenters. The van der Waals surface area contributed by atoms with Gasteiger partial charge in [0.25, 0.3) is 0 Å². The van der Waals surface area contributed by atoms with Gasteiger partial charge < -0.3 is 11.1 Å². The van der Waals surface area contributed by atoms with Crippen molar-refractivity contribution < 1.29 is 26.4 Å². The van der Waals surface area contributed by atoms with E-state index in [4.69, 9.17) is 5.73 Å². The fourth-order valence-corrected chi connectivity index (χ4v) is 4.95. The van der Waals surface area contributed by atoms with Gasteiger partial charge in [0.05, 0.1) is 22.7 Å². The van der Waals surface area contributed by atoms with Crippen LogP contribution in [0.5, 0.6) is 0 Å². The zero-order valence-corrected chi connectivity index (χ0v) is 22.3. The van der Waals surface area contributed by atoms with Crippen LogP contribution in [0.25, 0.3) is 11.1 Å². The highest BCUT2D eigenvalue weighted by atomic mass is 32.2. The average molecular weight is 569 g/mol. The van der Waals surface area contributed by atoms with Crippen molar-refractivity contribution in [3.63, 3.8) is 0 Å². The highest BCUT2D eigenvalue weighted by molar-refractivity contribution is 7.90. The Kier molecular flexibility index (Phi) is 8.46. The fraction of sp³-hybridized carbons (Fsp3) is 0.138. The molecular weight excluding hydrogens is 541 g/mol. The maximum atomic E-state index is 13.4. The van der Waals surface area contributed by atoms with Crippen molar-refractivity contribution in [1.29, 1.82) is 0 Å². The number of carbonyl (C=O) groups excluding carboxylic acids is 1. The quantitative estimate of drug-likeness (QED) is 0.217. The molecule has 208 valence electrons. The Bertz CT molecular complexity index is 1590. The number of nitrogens with two attached hydrogens (primary N) is 1. The minimum Gasteiger partial charge on any atom is -0.326 e. The molecule has 0 spiro atoms. The zero-order chi connectivity index (χ0) is 28.9. The van der Waals surface area contributed by atoms with Crippen molar-refractivity contribution in [1.82, 2.24) is 5.01 Å². The third-order valence-corrected chi connectivity index (χ3v) is 7.15. The van der Waals surface area contributed by atoms with E-state index in [2.05, 4.69) is 10.7 Å². The van der Waals surface area contributed by atoms with Crippen molar-refractivity contribution >= 4 is 27.2 Å². The number of alkyl halides is 3. The number of hydrazine groups is 1. The molecule has 4 aromatic carbocycles. The molecule has 4 aromatic rings. The number of nitrogens with zero attached hydrogens (tertiary/aromatic N) is 1. The van der Waals surface area contributed by atoms with Crippen LogP contribution in [0.3, 0.4) is 0 Å². The monoisotopic (exact) mass is 568 g/mol. The van der Waals surface area contributed by atoms with E-state index in [9.17, 15) is 26.4 Å². The number of anilines is 2. The van der Waals surface area contributed by atoms with Gasteiger partial charge in [0.1, 0.15) is 0 Å². The summed E-state index contributed by atoms with van der Waals surface area (Å²) in [6.07, 6.45) is -3.40. The normalized spacial score (nSPS) is 11.6. The first-order chi connectivity index (χ1) is 18.9. The molecule has 40 heavy (non-hydrogen) atoms. The predicted molar refractivity (Wildman–Crippen MR) is 149 cm³/mol. The Hall–Kier alpha value is -4.35. The molecule has 0 aliphatic carbocycles. The van der Waals surface area contributed by atoms with Crippen molar-refractivity contribution in [2.24, 2.45) is 5.73 Å². The molecule has 0 radical (unpaired) electrons. The minimum atomic E-state index is -4.49. The fourth-order valence-electron chi connectivity index (χ4n) is 4.02. The number of nitrogens with one attached hydrogen (secondary N) is 2. The minimum absolute atomic E-state index is 0.0365. The molecule has 4 N–H and O–H groups in total. The summed E-state index contributed by atoms with van der Waals surface area (Å²) in [5.74, 6) is 0. The lowest BCUT2D eigenvalue weighted by Gasteiger charge is -2.25. The van der Waals surface area contributed by atoms with Gasteiger partial charge in [-0.3, -0.25) is 5.43 Å². The number of hydrogen-bond acceptors (Lipinski definition) is 5. The molecule has 0 heterocycles. The maximum Gasteiger partial charge on any atom is 0.416 e. The second-order valence-corrected chi connectivity index (χ2v) is 11.1. The molecule has 2 amide bonds. The Morgan fingerprint density at radius 3 is 2.17 bits per heavy atom. The summed E-state index contributed by atoms with van der Waals surface area (Å²) in [6, 6.07) is 24.4. The summed E-state index contributed by atoms with van der Waals surface area (Å²) >= 11 is 0. The number of carbonyl (C=O) groups is 1. The smallest absolute Gasteiger partial charge is 0.326 e.